The molecule has 234 valence electrons. The molecule has 0 unspecified atom stereocenters. The van der Waals surface area contributed by atoms with E-state index in [1.54, 1.807) is 0 Å². The first-order valence-electron chi connectivity index (χ1n) is 17.2. The molecule has 0 aliphatic heterocycles. The van der Waals surface area contributed by atoms with E-state index in [0.717, 1.165) is 24.2 Å². The summed E-state index contributed by atoms with van der Waals surface area (Å²) < 4.78 is 0. The van der Waals surface area contributed by atoms with Crippen molar-refractivity contribution in [2.75, 3.05) is 11.5 Å². The van der Waals surface area contributed by atoms with Gasteiger partial charge in [0.1, 0.15) is 0 Å². The van der Waals surface area contributed by atoms with Crippen LogP contribution in [0, 0.1) is 27.7 Å². The van der Waals surface area contributed by atoms with Crippen LogP contribution in [0.25, 0.3) is 0 Å². The molecule has 0 saturated carbocycles. The number of benzene rings is 4. The van der Waals surface area contributed by atoms with Crippen LogP contribution in [0.5, 0.6) is 0 Å². The van der Waals surface area contributed by atoms with E-state index in [1.807, 2.05) is 24.3 Å². The standard InChI is InChI=1S/C42H56N2/c1-31-25-37(26-32(2)41(31)29-35-17-21-39(43)22-18-35)15-13-11-9-7-5-6-8-10-12-14-16-38-27-33(3)42(34(4)28-38)30-36-19-23-40(44)24-20-36/h17-28H,5-16,29-30,43-44H2,1-4H3. The molecule has 0 fully saturated rings. The van der Waals surface area contributed by atoms with E-state index in [-0.39, 0.29) is 0 Å². The van der Waals surface area contributed by atoms with Crippen molar-refractivity contribution in [3.05, 3.63) is 128 Å². The molecule has 2 heteroatoms. The Morgan fingerprint density at radius 2 is 0.636 bits per heavy atom. The van der Waals surface area contributed by atoms with Gasteiger partial charge < -0.3 is 11.5 Å². The van der Waals surface area contributed by atoms with Gasteiger partial charge in [0.05, 0.1) is 0 Å². The lowest BCUT2D eigenvalue weighted by atomic mass is 9.92. The smallest absolute Gasteiger partial charge is 0.0314 e. The highest BCUT2D eigenvalue weighted by Crippen LogP contribution is 2.24. The van der Waals surface area contributed by atoms with Gasteiger partial charge in [-0.2, -0.15) is 0 Å². The third-order valence-corrected chi connectivity index (χ3v) is 9.41. The van der Waals surface area contributed by atoms with Gasteiger partial charge in [-0.1, -0.05) is 99.9 Å². The molecule has 4 rings (SSSR count). The summed E-state index contributed by atoms with van der Waals surface area (Å²) in [5.41, 5.74) is 27.6. The first-order chi connectivity index (χ1) is 21.3. The number of hydrogen-bond donors (Lipinski definition) is 2. The highest BCUT2D eigenvalue weighted by atomic mass is 14.5. The molecule has 0 amide bonds. The minimum absolute atomic E-state index is 0.832. The van der Waals surface area contributed by atoms with E-state index in [9.17, 15) is 0 Å². The third kappa shape index (κ3) is 10.6. The largest absolute Gasteiger partial charge is 0.399 e. The Bertz CT molecular complexity index is 1290. The molecular weight excluding hydrogens is 532 g/mol. The maximum atomic E-state index is 5.86. The maximum absolute atomic E-state index is 5.86. The van der Waals surface area contributed by atoms with Crippen molar-refractivity contribution in [1.29, 1.82) is 0 Å². The summed E-state index contributed by atoms with van der Waals surface area (Å²) >= 11 is 0. The second-order valence-corrected chi connectivity index (χ2v) is 13.3. The summed E-state index contributed by atoms with van der Waals surface area (Å²) in [6.07, 6.45) is 18.0. The summed E-state index contributed by atoms with van der Waals surface area (Å²) in [5, 5.41) is 0. The Balaban J connectivity index is 1.04. The number of hydrogen-bond acceptors (Lipinski definition) is 2. The second kappa shape index (κ2) is 17.1. The first kappa shape index (κ1) is 33.4. The van der Waals surface area contributed by atoms with Crippen molar-refractivity contribution >= 4 is 11.4 Å². The summed E-state index contributed by atoms with van der Waals surface area (Å²) in [6.45, 7) is 9.08. The van der Waals surface area contributed by atoms with Gasteiger partial charge in [-0.15, -0.1) is 0 Å². The molecule has 0 aliphatic rings. The zero-order valence-corrected chi connectivity index (χ0v) is 28.0. The molecule has 0 radical (unpaired) electrons. The number of nitrogen functional groups attached to an aromatic ring is 2. The molecule has 0 heterocycles. The van der Waals surface area contributed by atoms with Gasteiger partial charge in [0.15, 0.2) is 0 Å². The van der Waals surface area contributed by atoms with Gasteiger partial charge in [-0.05, 0) is 146 Å². The zero-order chi connectivity index (χ0) is 31.3. The van der Waals surface area contributed by atoms with Crippen LogP contribution >= 0.6 is 0 Å². The monoisotopic (exact) mass is 588 g/mol. The molecule has 0 atom stereocenters. The van der Waals surface area contributed by atoms with Crippen LogP contribution in [0.1, 0.15) is 120 Å². The summed E-state index contributed by atoms with van der Waals surface area (Å²) in [7, 11) is 0. The summed E-state index contributed by atoms with van der Waals surface area (Å²) in [5.74, 6) is 0. The fourth-order valence-corrected chi connectivity index (χ4v) is 6.76. The van der Waals surface area contributed by atoms with Crippen molar-refractivity contribution in [2.45, 2.75) is 118 Å². The van der Waals surface area contributed by atoms with E-state index >= 15 is 0 Å². The fraction of sp³-hybridized carbons (Fsp3) is 0.429. The lowest BCUT2D eigenvalue weighted by molar-refractivity contribution is 0.551. The van der Waals surface area contributed by atoms with Gasteiger partial charge in [-0.25, -0.2) is 0 Å². The van der Waals surface area contributed by atoms with Gasteiger partial charge in [0.25, 0.3) is 0 Å². The number of unbranched alkanes of at least 4 members (excludes halogenated alkanes) is 9. The van der Waals surface area contributed by atoms with E-state index < -0.39 is 0 Å². The second-order valence-electron chi connectivity index (χ2n) is 13.3. The average molecular weight is 589 g/mol. The minimum Gasteiger partial charge on any atom is -0.399 e. The number of aryl methyl sites for hydroxylation is 6. The molecule has 0 aromatic heterocycles. The normalized spacial score (nSPS) is 11.3. The Labute approximate surface area is 268 Å². The zero-order valence-electron chi connectivity index (χ0n) is 28.0. The average Bonchev–Trinajstić information content (AvgIpc) is 2.99. The fourth-order valence-electron chi connectivity index (χ4n) is 6.76. The van der Waals surface area contributed by atoms with Crippen molar-refractivity contribution in [2.24, 2.45) is 0 Å². The first-order valence-corrected chi connectivity index (χ1v) is 17.2. The lowest BCUT2D eigenvalue weighted by Crippen LogP contribution is -1.99. The highest BCUT2D eigenvalue weighted by molar-refractivity contribution is 5.46. The van der Waals surface area contributed by atoms with Crippen molar-refractivity contribution in [1.82, 2.24) is 0 Å². The van der Waals surface area contributed by atoms with E-state index in [0.29, 0.717) is 0 Å². The molecule has 44 heavy (non-hydrogen) atoms. The molecule has 4 N–H and O–H groups in total. The molecule has 4 aromatic carbocycles. The minimum atomic E-state index is 0.832. The molecular formula is C42H56N2. The van der Waals surface area contributed by atoms with E-state index in [1.165, 1.54) is 133 Å². The van der Waals surface area contributed by atoms with Crippen molar-refractivity contribution in [3.8, 4) is 0 Å². The van der Waals surface area contributed by atoms with Crippen LogP contribution in [0.2, 0.25) is 0 Å². The third-order valence-electron chi connectivity index (χ3n) is 9.41. The predicted molar refractivity (Wildman–Crippen MR) is 193 cm³/mol. The number of nitrogens with two attached hydrogens (primary N) is 2. The molecule has 0 saturated heterocycles. The van der Waals surface area contributed by atoms with Crippen LogP contribution in [-0.4, -0.2) is 0 Å². The highest BCUT2D eigenvalue weighted by Gasteiger charge is 2.08. The van der Waals surface area contributed by atoms with Crippen LogP contribution < -0.4 is 11.5 Å². The van der Waals surface area contributed by atoms with E-state index in [2.05, 4.69) is 76.2 Å². The van der Waals surface area contributed by atoms with Crippen molar-refractivity contribution in [3.63, 3.8) is 0 Å². The van der Waals surface area contributed by atoms with Gasteiger partial charge in [-0.3, -0.25) is 0 Å². The summed E-state index contributed by atoms with van der Waals surface area (Å²) in [4.78, 5) is 0. The van der Waals surface area contributed by atoms with Crippen LogP contribution in [0.4, 0.5) is 11.4 Å². The topological polar surface area (TPSA) is 52.0 Å². The number of anilines is 2. The lowest BCUT2D eigenvalue weighted by Gasteiger charge is -2.13. The molecule has 0 aliphatic carbocycles. The van der Waals surface area contributed by atoms with Gasteiger partial charge >= 0.3 is 0 Å². The van der Waals surface area contributed by atoms with Gasteiger partial charge in [0.2, 0.25) is 0 Å². The Morgan fingerprint density at radius 1 is 0.364 bits per heavy atom. The summed E-state index contributed by atoms with van der Waals surface area (Å²) in [6, 6.07) is 26.3. The Morgan fingerprint density at radius 3 is 0.932 bits per heavy atom. The Kier molecular flexibility index (Phi) is 13.0. The van der Waals surface area contributed by atoms with Crippen LogP contribution in [0.3, 0.4) is 0 Å². The molecule has 0 bridgehead atoms. The SMILES string of the molecule is Cc1cc(CCCCCCCCCCCCc2cc(C)c(Cc3ccc(N)cc3)c(C)c2)cc(C)c1Cc1ccc(N)cc1. The number of rotatable bonds is 17. The van der Waals surface area contributed by atoms with Crippen molar-refractivity contribution < 1.29 is 0 Å². The maximum Gasteiger partial charge on any atom is 0.0314 e. The van der Waals surface area contributed by atoms with E-state index in [4.69, 9.17) is 11.5 Å². The Hall–Kier alpha value is -3.52. The van der Waals surface area contributed by atoms with Crippen LogP contribution in [-0.2, 0) is 25.7 Å². The predicted octanol–water partition coefficient (Wildman–Crippen LogP) is 11.0. The molecule has 4 aromatic rings. The molecule has 2 nitrogen and oxygen atoms in total. The van der Waals surface area contributed by atoms with Gasteiger partial charge in [0, 0.05) is 11.4 Å². The molecule has 0 spiro atoms. The quantitative estimate of drug-likeness (QED) is 0.0952. The van der Waals surface area contributed by atoms with Crippen LogP contribution in [0.15, 0.2) is 72.8 Å².